The summed E-state index contributed by atoms with van der Waals surface area (Å²) in [5, 5.41) is 12.4. The summed E-state index contributed by atoms with van der Waals surface area (Å²) < 4.78 is 1.70. The van der Waals surface area contributed by atoms with Crippen molar-refractivity contribution >= 4 is 33.9 Å². The average molecular weight is 360 g/mol. The molecule has 0 saturated carbocycles. The fourth-order valence-electron chi connectivity index (χ4n) is 3.23. The van der Waals surface area contributed by atoms with E-state index in [1.165, 1.54) is 0 Å². The lowest BCUT2D eigenvalue weighted by Gasteiger charge is -2.25. The summed E-state index contributed by atoms with van der Waals surface area (Å²) in [6.45, 7) is 2.11. The molecule has 0 unspecified atom stereocenters. The number of benzene rings is 1. The first-order valence-corrected chi connectivity index (χ1v) is 8.69. The van der Waals surface area contributed by atoms with E-state index in [1.807, 2.05) is 24.3 Å². The number of nitrogens with zero attached hydrogens (tertiary/aromatic N) is 7. The van der Waals surface area contributed by atoms with Gasteiger partial charge in [0.05, 0.1) is 24.8 Å². The zero-order chi connectivity index (χ0) is 18.2. The molecular formula is C18H16N8O. The van der Waals surface area contributed by atoms with Crippen LogP contribution in [0.15, 0.2) is 42.7 Å². The van der Waals surface area contributed by atoms with Crippen molar-refractivity contribution in [1.29, 1.82) is 0 Å². The summed E-state index contributed by atoms with van der Waals surface area (Å²) in [5.74, 6) is 0.510. The van der Waals surface area contributed by atoms with Gasteiger partial charge >= 0.3 is 0 Å². The Morgan fingerprint density at radius 3 is 3.07 bits per heavy atom. The largest absolute Gasteiger partial charge is 0.307 e. The van der Waals surface area contributed by atoms with Crippen LogP contribution in [-0.2, 0) is 11.3 Å². The lowest BCUT2D eigenvalue weighted by molar-refractivity contribution is -0.118. The van der Waals surface area contributed by atoms with Crippen molar-refractivity contribution in [2.24, 2.45) is 0 Å². The Morgan fingerprint density at radius 1 is 1.19 bits per heavy atom. The molecule has 1 aliphatic heterocycles. The van der Waals surface area contributed by atoms with Crippen LogP contribution < -0.4 is 10.2 Å². The number of amides is 1. The van der Waals surface area contributed by atoms with Crippen LogP contribution in [0.1, 0.15) is 5.56 Å². The second kappa shape index (κ2) is 6.36. The smallest absolute Gasteiger partial charge is 0.242 e. The highest BCUT2D eigenvalue weighted by Gasteiger charge is 2.22. The number of aromatic nitrogens is 6. The number of carbonyl (C=O) groups excluding carboxylic acids is 1. The van der Waals surface area contributed by atoms with Crippen LogP contribution in [0.5, 0.6) is 0 Å². The molecule has 0 bridgehead atoms. The molecule has 1 saturated heterocycles. The van der Waals surface area contributed by atoms with Gasteiger partial charge in [0.25, 0.3) is 0 Å². The van der Waals surface area contributed by atoms with Gasteiger partial charge in [-0.1, -0.05) is 17.3 Å². The van der Waals surface area contributed by atoms with Crippen LogP contribution in [0.4, 0.5) is 5.82 Å². The Balaban J connectivity index is 1.50. The van der Waals surface area contributed by atoms with E-state index in [-0.39, 0.29) is 5.91 Å². The molecule has 3 aromatic heterocycles. The van der Waals surface area contributed by atoms with Crippen LogP contribution in [0.3, 0.4) is 0 Å². The van der Waals surface area contributed by atoms with Crippen molar-refractivity contribution in [1.82, 2.24) is 35.3 Å². The number of anilines is 1. The molecule has 134 valence electrons. The molecule has 0 radical (unpaired) electrons. The van der Waals surface area contributed by atoms with Gasteiger partial charge in [-0.25, -0.2) is 14.6 Å². The Morgan fingerprint density at radius 2 is 2.15 bits per heavy atom. The van der Waals surface area contributed by atoms with Gasteiger partial charge in [-0.3, -0.25) is 14.7 Å². The molecule has 1 amide bonds. The third-order valence-electron chi connectivity index (χ3n) is 4.58. The molecule has 0 atom stereocenters. The number of nitrogens with one attached hydrogen (secondary N) is 1. The second-order valence-electron chi connectivity index (χ2n) is 6.38. The van der Waals surface area contributed by atoms with Crippen molar-refractivity contribution < 1.29 is 4.79 Å². The lowest BCUT2D eigenvalue weighted by atomic mass is 10.1. The Hall–Kier alpha value is -3.46. The Labute approximate surface area is 154 Å². The molecule has 9 heteroatoms. The predicted octanol–water partition coefficient (Wildman–Crippen LogP) is 0.754. The highest BCUT2D eigenvalue weighted by atomic mass is 16.2. The Bertz CT molecular complexity index is 1150. The molecular weight excluding hydrogens is 344 g/mol. The zero-order valence-corrected chi connectivity index (χ0v) is 14.4. The van der Waals surface area contributed by atoms with Crippen LogP contribution in [-0.4, -0.2) is 55.5 Å². The first-order valence-electron chi connectivity index (χ1n) is 8.69. The van der Waals surface area contributed by atoms with Gasteiger partial charge in [0.1, 0.15) is 0 Å². The van der Waals surface area contributed by atoms with Gasteiger partial charge in [-0.15, -0.1) is 5.10 Å². The van der Waals surface area contributed by atoms with Gasteiger partial charge in [-0.05, 0) is 23.8 Å². The van der Waals surface area contributed by atoms with Crippen molar-refractivity contribution in [3.8, 4) is 0 Å². The SMILES string of the molecule is O=C1CNCCN1c1cnc2nnn(Cc3ccc4ncccc4c3)c2n1. The number of fused-ring (bicyclic) bond motifs is 2. The molecule has 4 heterocycles. The number of hydrogen-bond acceptors (Lipinski definition) is 7. The van der Waals surface area contributed by atoms with E-state index in [4.69, 9.17) is 0 Å². The lowest BCUT2D eigenvalue weighted by Crippen LogP contribution is -2.48. The summed E-state index contributed by atoms with van der Waals surface area (Å²) in [5.41, 5.74) is 3.03. The molecule has 27 heavy (non-hydrogen) atoms. The fraction of sp³-hybridized carbons (Fsp3) is 0.222. The molecule has 5 rings (SSSR count). The van der Waals surface area contributed by atoms with E-state index in [9.17, 15) is 4.79 Å². The maximum Gasteiger partial charge on any atom is 0.242 e. The van der Waals surface area contributed by atoms with E-state index in [1.54, 1.807) is 22.0 Å². The third-order valence-corrected chi connectivity index (χ3v) is 4.58. The van der Waals surface area contributed by atoms with Crippen LogP contribution in [0.25, 0.3) is 22.2 Å². The van der Waals surface area contributed by atoms with Crippen molar-refractivity contribution in [2.45, 2.75) is 6.54 Å². The van der Waals surface area contributed by atoms with E-state index in [0.29, 0.717) is 36.7 Å². The molecule has 1 fully saturated rings. The second-order valence-corrected chi connectivity index (χ2v) is 6.38. The Kier molecular flexibility index (Phi) is 3.72. The van der Waals surface area contributed by atoms with E-state index in [0.717, 1.165) is 23.0 Å². The number of hydrogen-bond donors (Lipinski definition) is 1. The standard InChI is InChI=1S/C18H16N8O/c27-16-10-19-6-7-25(16)15-9-21-17-18(22-15)26(24-23-17)11-12-3-4-14-13(8-12)2-1-5-20-14/h1-5,8-9,19H,6-7,10-11H2. The van der Waals surface area contributed by atoms with E-state index < -0.39 is 0 Å². The molecule has 1 aromatic carbocycles. The number of piperazine rings is 1. The maximum atomic E-state index is 12.1. The van der Waals surface area contributed by atoms with Gasteiger partial charge < -0.3 is 5.32 Å². The number of carbonyl (C=O) groups is 1. The molecule has 1 aliphatic rings. The minimum Gasteiger partial charge on any atom is -0.307 e. The molecule has 4 aromatic rings. The first kappa shape index (κ1) is 15.8. The predicted molar refractivity (Wildman–Crippen MR) is 99.2 cm³/mol. The van der Waals surface area contributed by atoms with Gasteiger partial charge in [0, 0.05) is 24.7 Å². The van der Waals surface area contributed by atoms with E-state index in [2.05, 4.69) is 36.6 Å². The number of pyridine rings is 1. The highest BCUT2D eigenvalue weighted by molar-refractivity contribution is 5.95. The minimum atomic E-state index is -0.0176. The molecule has 1 N–H and O–H groups in total. The number of rotatable bonds is 3. The van der Waals surface area contributed by atoms with Crippen LogP contribution in [0, 0.1) is 0 Å². The third kappa shape index (κ3) is 2.87. The summed E-state index contributed by atoms with van der Waals surface area (Å²) in [6, 6.07) is 10.0. The van der Waals surface area contributed by atoms with Crippen molar-refractivity contribution in [2.75, 3.05) is 24.5 Å². The van der Waals surface area contributed by atoms with Crippen molar-refractivity contribution in [3.63, 3.8) is 0 Å². The monoisotopic (exact) mass is 360 g/mol. The van der Waals surface area contributed by atoms with Gasteiger partial charge in [0.2, 0.25) is 11.6 Å². The first-order chi connectivity index (χ1) is 13.3. The fourth-order valence-corrected chi connectivity index (χ4v) is 3.23. The summed E-state index contributed by atoms with van der Waals surface area (Å²) in [6.07, 6.45) is 3.35. The molecule has 9 nitrogen and oxygen atoms in total. The molecule has 0 aliphatic carbocycles. The topological polar surface area (TPSA) is 102 Å². The zero-order valence-electron chi connectivity index (χ0n) is 14.4. The minimum absolute atomic E-state index is 0.0176. The summed E-state index contributed by atoms with van der Waals surface area (Å²) in [7, 11) is 0. The van der Waals surface area contributed by atoms with Gasteiger partial charge in [0.15, 0.2) is 11.5 Å². The average Bonchev–Trinajstić information content (AvgIpc) is 3.10. The summed E-state index contributed by atoms with van der Waals surface area (Å²) >= 11 is 0. The van der Waals surface area contributed by atoms with Gasteiger partial charge in [-0.2, -0.15) is 0 Å². The molecule has 0 spiro atoms. The van der Waals surface area contributed by atoms with Crippen LogP contribution in [0.2, 0.25) is 0 Å². The quantitative estimate of drug-likeness (QED) is 0.575. The van der Waals surface area contributed by atoms with Crippen LogP contribution >= 0.6 is 0 Å². The normalized spacial score (nSPS) is 15.0. The van der Waals surface area contributed by atoms with Crippen molar-refractivity contribution in [3.05, 3.63) is 48.3 Å². The maximum absolute atomic E-state index is 12.1. The highest BCUT2D eigenvalue weighted by Crippen LogP contribution is 2.18. The van der Waals surface area contributed by atoms with E-state index >= 15 is 0 Å². The summed E-state index contributed by atoms with van der Waals surface area (Å²) in [4.78, 5) is 27.0.